The van der Waals surface area contributed by atoms with E-state index in [2.05, 4.69) is 11.8 Å². The van der Waals surface area contributed by atoms with Crippen LogP contribution in [0.3, 0.4) is 0 Å². The molecule has 2 bridgehead atoms. The van der Waals surface area contributed by atoms with E-state index in [1.807, 2.05) is 13.1 Å². The molecule has 5 rings (SSSR count). The smallest absolute Gasteiger partial charge is 0.352 e. The van der Waals surface area contributed by atoms with Crippen molar-refractivity contribution >= 4 is 17.9 Å². The summed E-state index contributed by atoms with van der Waals surface area (Å²) in [5, 5.41) is 23.0. The number of unbranched alkanes of at least 4 members (excludes halogenated alkanes) is 14. The molecule has 1 saturated heterocycles. The minimum atomic E-state index is -1.28. The quantitative estimate of drug-likeness (QED) is 0.0759. The van der Waals surface area contributed by atoms with Crippen molar-refractivity contribution in [3.63, 3.8) is 0 Å². The number of phenols is 1. The zero-order valence-electron chi connectivity index (χ0n) is 31.4. The fourth-order valence-corrected chi connectivity index (χ4v) is 8.90. The van der Waals surface area contributed by atoms with Crippen LogP contribution in [-0.4, -0.2) is 76.6 Å². The predicted octanol–water partition coefficient (Wildman–Crippen LogP) is 7.34. The molecular formula is C41H61NO9. The van der Waals surface area contributed by atoms with E-state index in [1.165, 1.54) is 90.9 Å². The molecule has 284 valence electrons. The lowest BCUT2D eigenvalue weighted by Gasteiger charge is -2.61. The Labute approximate surface area is 304 Å². The monoisotopic (exact) mass is 711 g/mol. The van der Waals surface area contributed by atoms with Gasteiger partial charge in [-0.2, -0.15) is 0 Å². The Morgan fingerprint density at radius 3 is 2.10 bits per heavy atom. The van der Waals surface area contributed by atoms with Gasteiger partial charge in [-0.1, -0.05) is 103 Å². The fourth-order valence-electron chi connectivity index (χ4n) is 8.90. The highest BCUT2D eigenvalue weighted by Gasteiger charge is 2.72. The van der Waals surface area contributed by atoms with Crippen molar-refractivity contribution in [3.8, 4) is 11.5 Å². The Bertz CT molecular complexity index is 1410. The summed E-state index contributed by atoms with van der Waals surface area (Å²) in [6.45, 7) is 5.79. The third-order valence-corrected chi connectivity index (χ3v) is 11.8. The molecule has 2 heterocycles. The minimum absolute atomic E-state index is 0.0200. The summed E-state index contributed by atoms with van der Waals surface area (Å²) < 4.78 is 22.8. The van der Waals surface area contributed by atoms with Crippen LogP contribution in [0.4, 0.5) is 0 Å². The van der Waals surface area contributed by atoms with E-state index in [4.69, 9.17) is 18.9 Å². The van der Waals surface area contributed by atoms with Gasteiger partial charge in [-0.25, -0.2) is 9.59 Å². The topological polar surface area (TPSA) is 132 Å². The highest BCUT2D eigenvalue weighted by atomic mass is 16.6. The van der Waals surface area contributed by atoms with Gasteiger partial charge in [0, 0.05) is 24.4 Å². The van der Waals surface area contributed by atoms with Crippen LogP contribution in [0.15, 0.2) is 24.0 Å². The van der Waals surface area contributed by atoms with E-state index in [0.717, 1.165) is 24.0 Å². The Kier molecular flexibility index (Phi) is 13.5. The average molecular weight is 712 g/mol. The predicted molar refractivity (Wildman–Crippen MR) is 193 cm³/mol. The molecule has 10 heteroatoms. The second kappa shape index (κ2) is 17.6. The number of nitrogens with zero attached hydrogens (tertiary/aromatic N) is 1. The third kappa shape index (κ3) is 8.43. The molecule has 2 aliphatic heterocycles. The number of phenolic OH excluding ortho intramolecular Hbond substituents is 1. The number of hydrogen-bond acceptors (Lipinski definition) is 10. The van der Waals surface area contributed by atoms with E-state index >= 15 is 0 Å². The number of esters is 3. The van der Waals surface area contributed by atoms with Gasteiger partial charge in [0.15, 0.2) is 29.8 Å². The Hall–Kier alpha value is -3.11. The van der Waals surface area contributed by atoms with Gasteiger partial charge in [0.05, 0.1) is 11.0 Å². The van der Waals surface area contributed by atoms with E-state index in [0.29, 0.717) is 31.6 Å². The molecule has 0 saturated carbocycles. The number of carbonyl (C=O) groups is 3. The maximum Gasteiger partial charge on any atom is 0.352 e. The van der Waals surface area contributed by atoms with Crippen LogP contribution in [0.5, 0.6) is 11.5 Å². The highest BCUT2D eigenvalue weighted by molar-refractivity contribution is 5.83. The van der Waals surface area contributed by atoms with Crippen LogP contribution in [0, 0.1) is 0 Å². The lowest BCUT2D eigenvalue weighted by Crippen LogP contribution is -2.74. The number of hydrogen-bond donors (Lipinski definition) is 2. The van der Waals surface area contributed by atoms with Gasteiger partial charge < -0.3 is 34.1 Å². The van der Waals surface area contributed by atoms with Crippen molar-refractivity contribution in [2.75, 3.05) is 13.6 Å². The molecular weight excluding hydrogens is 650 g/mol. The fraction of sp³-hybridized carbons (Fsp3) is 0.732. The molecule has 1 aromatic carbocycles. The zero-order chi connectivity index (χ0) is 36.6. The molecule has 2 aliphatic carbocycles. The maximum absolute atomic E-state index is 13.2. The lowest BCUT2D eigenvalue weighted by atomic mass is 9.50. The van der Waals surface area contributed by atoms with Crippen molar-refractivity contribution in [1.29, 1.82) is 0 Å². The summed E-state index contributed by atoms with van der Waals surface area (Å²) >= 11 is 0. The summed E-state index contributed by atoms with van der Waals surface area (Å²) in [7, 11) is 2.00. The number of likely N-dealkylation sites (N-methyl/N-ethyl adjacent to an activating group) is 1. The Morgan fingerprint density at radius 2 is 1.47 bits per heavy atom. The van der Waals surface area contributed by atoms with E-state index in [9.17, 15) is 24.6 Å². The zero-order valence-corrected chi connectivity index (χ0v) is 31.4. The first-order valence-electron chi connectivity index (χ1n) is 19.8. The SMILES string of the molecule is CCCCCCCCCCCCCCCCCC(=O)OC(C)C(=O)OC(C)C(=O)OC1=CC[C@@]2(O)[C@H]3Cc4ccc(O)c5c4[C@@]2(CCN3C)[C@H]1O5. The molecule has 0 amide bonds. The third-order valence-electron chi connectivity index (χ3n) is 11.8. The van der Waals surface area contributed by atoms with Gasteiger partial charge in [0.25, 0.3) is 0 Å². The standard InChI is InChI=1S/C41H61NO9/c1-5-6-7-8-9-10-11-12-13-14-15-16-17-18-19-20-34(44)48-28(2)38(45)49-29(3)39(46)50-32-23-24-41(47)33-27-30-21-22-31(43)36-35(30)40(41,37(32)51-36)25-26-42(33)4/h21-23,28-29,33,37,43,47H,5-20,24-27H2,1-4H3/t28?,29?,33-,37+,40+,41-/m1/s1. The molecule has 2 N–H and O–H groups in total. The molecule has 0 aromatic heterocycles. The average Bonchev–Trinajstić information content (AvgIpc) is 3.46. The number of aliphatic hydroxyl groups is 1. The first-order valence-corrected chi connectivity index (χ1v) is 19.8. The Balaban J connectivity index is 1.00. The molecule has 10 nitrogen and oxygen atoms in total. The van der Waals surface area contributed by atoms with Crippen LogP contribution < -0.4 is 4.74 Å². The number of aromatic hydroxyl groups is 1. The first kappa shape index (κ1) is 39.1. The summed E-state index contributed by atoms with van der Waals surface area (Å²) in [5.41, 5.74) is -0.285. The number of piperidine rings is 1. The van der Waals surface area contributed by atoms with Crippen molar-refractivity contribution in [3.05, 3.63) is 35.1 Å². The van der Waals surface area contributed by atoms with Crippen molar-refractivity contribution < 1.29 is 43.5 Å². The summed E-state index contributed by atoms with van der Waals surface area (Å²) in [5.74, 6) is -1.58. The molecule has 0 radical (unpaired) electrons. The van der Waals surface area contributed by atoms with Crippen molar-refractivity contribution in [1.82, 2.24) is 4.90 Å². The normalized spacial score (nSPS) is 25.6. The summed E-state index contributed by atoms with van der Waals surface area (Å²) in [4.78, 5) is 40.6. The molecule has 1 spiro atoms. The molecule has 2 unspecified atom stereocenters. The Morgan fingerprint density at radius 1 is 0.882 bits per heavy atom. The van der Waals surface area contributed by atoms with Crippen molar-refractivity contribution in [2.24, 2.45) is 0 Å². The van der Waals surface area contributed by atoms with Gasteiger partial charge in [-0.15, -0.1) is 0 Å². The summed E-state index contributed by atoms with van der Waals surface area (Å²) in [6.07, 6.45) is 18.6. The number of ether oxygens (including phenoxy) is 4. The lowest BCUT2D eigenvalue weighted by molar-refractivity contribution is -0.180. The van der Waals surface area contributed by atoms with Gasteiger partial charge in [-0.3, -0.25) is 4.79 Å². The molecule has 51 heavy (non-hydrogen) atoms. The van der Waals surface area contributed by atoms with E-state index in [1.54, 1.807) is 12.1 Å². The van der Waals surface area contributed by atoms with Gasteiger partial charge in [0.1, 0.15) is 5.76 Å². The molecule has 6 atom stereocenters. The van der Waals surface area contributed by atoms with Crippen molar-refractivity contribution in [2.45, 2.75) is 178 Å². The maximum atomic E-state index is 13.2. The van der Waals surface area contributed by atoms with Gasteiger partial charge in [0.2, 0.25) is 0 Å². The van der Waals surface area contributed by atoms with Gasteiger partial charge >= 0.3 is 17.9 Å². The number of likely N-dealkylation sites (tertiary alicyclic amines) is 1. The van der Waals surface area contributed by atoms with Crippen LogP contribution in [0.2, 0.25) is 0 Å². The van der Waals surface area contributed by atoms with Crippen LogP contribution >= 0.6 is 0 Å². The van der Waals surface area contributed by atoms with Crippen LogP contribution in [-0.2, 0) is 40.4 Å². The highest BCUT2D eigenvalue weighted by Crippen LogP contribution is 2.65. The first-order chi connectivity index (χ1) is 24.5. The minimum Gasteiger partial charge on any atom is -0.504 e. The second-order valence-electron chi connectivity index (χ2n) is 15.4. The largest absolute Gasteiger partial charge is 0.504 e. The summed E-state index contributed by atoms with van der Waals surface area (Å²) in [6, 6.07) is 3.32. The number of benzene rings is 1. The molecule has 1 aromatic rings. The van der Waals surface area contributed by atoms with Gasteiger partial charge in [-0.05, 0) is 64.4 Å². The van der Waals surface area contributed by atoms with E-state index < -0.39 is 47.2 Å². The van der Waals surface area contributed by atoms with E-state index in [-0.39, 0.29) is 30.4 Å². The molecule has 1 fully saturated rings. The second-order valence-corrected chi connectivity index (χ2v) is 15.4. The number of carbonyl (C=O) groups excluding carboxylic acids is 3. The van der Waals surface area contributed by atoms with Crippen LogP contribution in [0.1, 0.15) is 147 Å². The molecule has 4 aliphatic rings. The number of rotatable bonds is 21. The van der Waals surface area contributed by atoms with Crippen LogP contribution in [0.25, 0.3) is 0 Å².